The molecule has 0 bridgehead atoms. The molecule has 0 unspecified atom stereocenters. The molecule has 3 aromatic rings. The van der Waals surface area contributed by atoms with Crippen LogP contribution < -0.4 is 10.6 Å². The molecule has 0 aliphatic carbocycles. The molecule has 0 radical (unpaired) electrons. The van der Waals surface area contributed by atoms with Gasteiger partial charge in [-0.2, -0.15) is 0 Å². The van der Waals surface area contributed by atoms with Crippen LogP contribution in [0.2, 0.25) is 0 Å². The van der Waals surface area contributed by atoms with Crippen LogP contribution in [0.15, 0.2) is 42.9 Å². The molecule has 4 N–H and O–H groups in total. The van der Waals surface area contributed by atoms with Crippen molar-refractivity contribution in [1.82, 2.24) is 15.0 Å². The van der Waals surface area contributed by atoms with Gasteiger partial charge in [0.25, 0.3) is 0 Å². The standard InChI is InChI=1S/C19H23N5O/c20-12-19(11-14-1-3-15(25)4-2-14)6-9-24(10-7-19)18-16-5-8-21-17(16)22-13-23-18/h1-5,8,13,25H,6-7,9-12,20H2,(H,21,22,23). The topological polar surface area (TPSA) is 91.1 Å². The highest BCUT2D eigenvalue weighted by Crippen LogP contribution is 2.36. The molecule has 1 aliphatic rings. The first-order valence-corrected chi connectivity index (χ1v) is 8.70. The van der Waals surface area contributed by atoms with Gasteiger partial charge in [0.2, 0.25) is 0 Å². The molecule has 3 heterocycles. The molecule has 130 valence electrons. The van der Waals surface area contributed by atoms with Gasteiger partial charge in [-0.15, -0.1) is 0 Å². The van der Waals surface area contributed by atoms with Gasteiger partial charge in [-0.3, -0.25) is 0 Å². The summed E-state index contributed by atoms with van der Waals surface area (Å²) in [5, 5.41) is 10.5. The SMILES string of the molecule is NCC1(Cc2ccc(O)cc2)CCN(c2ncnc3[nH]ccc23)CC1. The van der Waals surface area contributed by atoms with E-state index in [1.807, 2.05) is 24.4 Å². The Hall–Kier alpha value is -2.60. The zero-order valence-electron chi connectivity index (χ0n) is 14.2. The Morgan fingerprint density at radius 3 is 2.60 bits per heavy atom. The molecule has 0 spiro atoms. The highest BCUT2D eigenvalue weighted by Gasteiger charge is 2.34. The molecule has 4 rings (SSSR count). The number of phenolic OH excluding ortho intramolecular Hbond substituents is 1. The third-order valence-electron chi connectivity index (χ3n) is 5.41. The molecule has 0 atom stereocenters. The fourth-order valence-electron chi connectivity index (χ4n) is 3.80. The van der Waals surface area contributed by atoms with Crippen molar-refractivity contribution < 1.29 is 5.11 Å². The molecule has 6 nitrogen and oxygen atoms in total. The monoisotopic (exact) mass is 337 g/mol. The number of H-pyrrole nitrogens is 1. The van der Waals surface area contributed by atoms with Gasteiger partial charge in [-0.05, 0) is 55.0 Å². The maximum absolute atomic E-state index is 9.47. The summed E-state index contributed by atoms with van der Waals surface area (Å²) in [6.07, 6.45) is 6.53. The van der Waals surface area contributed by atoms with Gasteiger partial charge < -0.3 is 20.7 Å². The van der Waals surface area contributed by atoms with Gasteiger partial charge in [0.15, 0.2) is 0 Å². The maximum Gasteiger partial charge on any atom is 0.142 e. The number of benzene rings is 1. The third kappa shape index (κ3) is 3.05. The average molecular weight is 337 g/mol. The van der Waals surface area contributed by atoms with Crippen molar-refractivity contribution in [3.05, 3.63) is 48.4 Å². The van der Waals surface area contributed by atoms with E-state index in [4.69, 9.17) is 5.73 Å². The molecule has 0 saturated carbocycles. The van der Waals surface area contributed by atoms with Gasteiger partial charge in [0.1, 0.15) is 23.5 Å². The predicted octanol–water partition coefficient (Wildman–Crippen LogP) is 2.45. The van der Waals surface area contributed by atoms with Gasteiger partial charge in [0, 0.05) is 19.3 Å². The van der Waals surface area contributed by atoms with Gasteiger partial charge in [-0.25, -0.2) is 9.97 Å². The molecule has 25 heavy (non-hydrogen) atoms. The number of hydrogen-bond donors (Lipinski definition) is 3. The zero-order chi connectivity index (χ0) is 17.3. The van der Waals surface area contributed by atoms with E-state index in [9.17, 15) is 5.11 Å². The fourth-order valence-corrected chi connectivity index (χ4v) is 3.80. The zero-order valence-corrected chi connectivity index (χ0v) is 14.2. The summed E-state index contributed by atoms with van der Waals surface area (Å²) >= 11 is 0. The van der Waals surface area contributed by atoms with Crippen LogP contribution in [0.1, 0.15) is 18.4 Å². The van der Waals surface area contributed by atoms with E-state index >= 15 is 0 Å². The number of phenols is 1. The van der Waals surface area contributed by atoms with Crippen molar-refractivity contribution in [2.45, 2.75) is 19.3 Å². The lowest BCUT2D eigenvalue weighted by Gasteiger charge is -2.42. The van der Waals surface area contributed by atoms with Crippen LogP contribution in [-0.2, 0) is 6.42 Å². The van der Waals surface area contributed by atoms with Crippen LogP contribution in [0.3, 0.4) is 0 Å². The molecule has 1 aromatic carbocycles. The minimum absolute atomic E-state index is 0.109. The number of hydrogen-bond acceptors (Lipinski definition) is 5. The Kier molecular flexibility index (Phi) is 4.05. The van der Waals surface area contributed by atoms with Crippen LogP contribution in [-0.4, -0.2) is 39.7 Å². The second kappa shape index (κ2) is 6.37. The van der Waals surface area contributed by atoms with Crippen LogP contribution in [0.5, 0.6) is 5.75 Å². The summed E-state index contributed by atoms with van der Waals surface area (Å²) in [5.41, 5.74) is 8.39. The van der Waals surface area contributed by atoms with E-state index in [0.29, 0.717) is 12.3 Å². The number of rotatable bonds is 4. The second-order valence-corrected chi connectivity index (χ2v) is 6.97. The van der Waals surface area contributed by atoms with E-state index in [1.165, 1.54) is 5.56 Å². The Labute approximate surface area is 146 Å². The number of fused-ring (bicyclic) bond motifs is 1. The highest BCUT2D eigenvalue weighted by molar-refractivity contribution is 5.87. The number of nitrogens with one attached hydrogen (secondary N) is 1. The predicted molar refractivity (Wildman–Crippen MR) is 98.6 cm³/mol. The number of nitrogens with zero attached hydrogens (tertiary/aromatic N) is 3. The van der Waals surface area contributed by atoms with E-state index in [-0.39, 0.29) is 5.41 Å². The summed E-state index contributed by atoms with van der Waals surface area (Å²) in [7, 11) is 0. The first-order valence-electron chi connectivity index (χ1n) is 8.70. The molecule has 1 saturated heterocycles. The summed E-state index contributed by atoms with van der Waals surface area (Å²) in [6, 6.07) is 9.52. The number of nitrogens with two attached hydrogens (primary N) is 1. The van der Waals surface area contributed by atoms with Crippen molar-refractivity contribution in [2.24, 2.45) is 11.1 Å². The Bertz CT molecular complexity index is 850. The van der Waals surface area contributed by atoms with Crippen molar-refractivity contribution in [2.75, 3.05) is 24.5 Å². The first-order chi connectivity index (χ1) is 12.2. The van der Waals surface area contributed by atoms with Crippen molar-refractivity contribution in [3.8, 4) is 5.75 Å². The Morgan fingerprint density at radius 1 is 1.12 bits per heavy atom. The minimum Gasteiger partial charge on any atom is -0.508 e. The lowest BCUT2D eigenvalue weighted by Crippen LogP contribution is -2.45. The van der Waals surface area contributed by atoms with Gasteiger partial charge in [-0.1, -0.05) is 12.1 Å². The third-order valence-corrected chi connectivity index (χ3v) is 5.41. The lowest BCUT2D eigenvalue weighted by atomic mass is 9.74. The molecule has 6 heteroatoms. The number of anilines is 1. The maximum atomic E-state index is 9.47. The molecule has 2 aromatic heterocycles. The summed E-state index contributed by atoms with van der Waals surface area (Å²) < 4.78 is 0. The number of piperidine rings is 1. The van der Waals surface area contributed by atoms with E-state index < -0.39 is 0 Å². The lowest BCUT2D eigenvalue weighted by molar-refractivity contribution is 0.226. The van der Waals surface area contributed by atoms with Crippen LogP contribution in [0, 0.1) is 5.41 Å². The van der Waals surface area contributed by atoms with Crippen LogP contribution >= 0.6 is 0 Å². The molecule has 1 aliphatic heterocycles. The Balaban J connectivity index is 1.51. The highest BCUT2D eigenvalue weighted by atomic mass is 16.3. The van der Waals surface area contributed by atoms with Gasteiger partial charge >= 0.3 is 0 Å². The summed E-state index contributed by atoms with van der Waals surface area (Å²) in [5.74, 6) is 1.31. The average Bonchev–Trinajstić information content (AvgIpc) is 3.13. The number of aromatic nitrogens is 3. The number of aromatic amines is 1. The normalized spacial score (nSPS) is 17.1. The van der Waals surface area contributed by atoms with E-state index in [0.717, 1.165) is 49.2 Å². The quantitative estimate of drug-likeness (QED) is 0.680. The van der Waals surface area contributed by atoms with E-state index in [1.54, 1.807) is 18.5 Å². The molecular formula is C19H23N5O. The Morgan fingerprint density at radius 2 is 1.88 bits per heavy atom. The van der Waals surface area contributed by atoms with Crippen molar-refractivity contribution in [3.63, 3.8) is 0 Å². The smallest absolute Gasteiger partial charge is 0.142 e. The number of aromatic hydroxyl groups is 1. The van der Waals surface area contributed by atoms with E-state index in [2.05, 4.69) is 19.9 Å². The molecular weight excluding hydrogens is 314 g/mol. The van der Waals surface area contributed by atoms with Crippen LogP contribution in [0.4, 0.5) is 5.82 Å². The van der Waals surface area contributed by atoms with Crippen molar-refractivity contribution in [1.29, 1.82) is 0 Å². The van der Waals surface area contributed by atoms with Gasteiger partial charge in [0.05, 0.1) is 5.39 Å². The summed E-state index contributed by atoms with van der Waals surface area (Å²) in [6.45, 7) is 2.55. The molecule has 0 amide bonds. The fraction of sp³-hybridized carbons (Fsp3) is 0.368. The summed E-state index contributed by atoms with van der Waals surface area (Å²) in [4.78, 5) is 14.3. The molecule has 1 fully saturated rings. The second-order valence-electron chi connectivity index (χ2n) is 6.97. The first kappa shape index (κ1) is 15.9. The van der Waals surface area contributed by atoms with Crippen LogP contribution in [0.25, 0.3) is 11.0 Å². The largest absolute Gasteiger partial charge is 0.508 e. The van der Waals surface area contributed by atoms with Crippen molar-refractivity contribution >= 4 is 16.9 Å². The minimum atomic E-state index is 0.109.